The minimum Gasteiger partial charge on any atom is -0.493 e. The highest BCUT2D eigenvalue weighted by molar-refractivity contribution is 7.89. The maximum atomic E-state index is 11.3. The summed E-state index contributed by atoms with van der Waals surface area (Å²) < 4.78 is 33.8. The van der Waals surface area contributed by atoms with E-state index in [0.717, 1.165) is 11.1 Å². The summed E-state index contributed by atoms with van der Waals surface area (Å²) in [6, 6.07) is 21.4. The van der Waals surface area contributed by atoms with Gasteiger partial charge in [0, 0.05) is 0 Å². The van der Waals surface area contributed by atoms with E-state index in [9.17, 15) is 8.42 Å². The molecule has 3 rings (SSSR count). The summed E-state index contributed by atoms with van der Waals surface area (Å²) >= 11 is 0. The number of nitrogens with zero attached hydrogens (tertiary/aromatic N) is 1. The first kappa shape index (κ1) is 20.4. The molecule has 0 heterocycles. The third kappa shape index (κ3) is 5.81. The summed E-state index contributed by atoms with van der Waals surface area (Å²) in [7, 11) is -2.13. The van der Waals surface area contributed by atoms with Crippen LogP contribution in [0.15, 0.2) is 82.8 Å². The molecule has 3 N–H and O–H groups in total. The fraction of sp³-hybridized carbons (Fsp3) is 0.0952. The number of methoxy groups -OCH3 is 1. The van der Waals surface area contributed by atoms with E-state index >= 15 is 0 Å². The Bertz CT molecular complexity index is 1080. The zero-order chi connectivity index (χ0) is 20.7. The summed E-state index contributed by atoms with van der Waals surface area (Å²) in [5.41, 5.74) is 5.34. The van der Waals surface area contributed by atoms with Crippen molar-refractivity contribution in [2.45, 2.75) is 11.5 Å². The van der Waals surface area contributed by atoms with Crippen molar-refractivity contribution in [2.24, 2.45) is 10.2 Å². The Hall–Kier alpha value is -3.36. The number of rotatable bonds is 8. The molecular formula is C21H21N3O4S. The van der Waals surface area contributed by atoms with E-state index in [1.165, 1.54) is 12.1 Å². The molecule has 7 nitrogen and oxygen atoms in total. The van der Waals surface area contributed by atoms with Crippen molar-refractivity contribution in [2.75, 3.05) is 12.5 Å². The molecule has 0 saturated carbocycles. The number of primary sulfonamides is 1. The molecule has 0 atom stereocenters. The lowest BCUT2D eigenvalue weighted by molar-refractivity contribution is 0.284. The number of anilines is 1. The Labute approximate surface area is 169 Å². The van der Waals surface area contributed by atoms with Crippen LogP contribution < -0.4 is 20.0 Å². The van der Waals surface area contributed by atoms with Crippen molar-refractivity contribution in [3.8, 4) is 11.5 Å². The molecule has 0 aliphatic rings. The third-order valence-electron chi connectivity index (χ3n) is 4.01. The Morgan fingerprint density at radius 2 is 1.72 bits per heavy atom. The van der Waals surface area contributed by atoms with Gasteiger partial charge in [-0.3, -0.25) is 5.43 Å². The first-order chi connectivity index (χ1) is 14.0. The second-order valence-electron chi connectivity index (χ2n) is 6.12. The van der Waals surface area contributed by atoms with Crippen molar-refractivity contribution < 1.29 is 17.9 Å². The lowest BCUT2D eigenvalue weighted by Crippen LogP contribution is -2.11. The van der Waals surface area contributed by atoms with Crippen LogP contribution in [0.25, 0.3) is 0 Å². The van der Waals surface area contributed by atoms with Gasteiger partial charge in [-0.15, -0.1) is 0 Å². The van der Waals surface area contributed by atoms with Gasteiger partial charge < -0.3 is 9.47 Å². The average molecular weight is 411 g/mol. The van der Waals surface area contributed by atoms with Gasteiger partial charge in [-0.1, -0.05) is 30.3 Å². The Balaban J connectivity index is 1.63. The number of ether oxygens (including phenoxy) is 2. The van der Waals surface area contributed by atoms with Crippen LogP contribution in [0, 0.1) is 0 Å². The van der Waals surface area contributed by atoms with E-state index in [-0.39, 0.29) is 4.90 Å². The number of hydrogen-bond donors (Lipinski definition) is 2. The maximum absolute atomic E-state index is 11.3. The molecule has 3 aromatic carbocycles. The number of nitrogens with two attached hydrogens (primary N) is 1. The standard InChI is InChI=1S/C21H21N3O4S/c1-27-21-13-17(7-12-20(21)28-15-16-5-3-2-4-6-16)14-23-24-18-8-10-19(11-9-18)29(22,25)26/h2-14,24H,15H2,1H3,(H2,22,25,26)/b23-14-. The van der Waals surface area contributed by atoms with Crippen molar-refractivity contribution in [3.05, 3.63) is 83.9 Å². The van der Waals surface area contributed by atoms with Gasteiger partial charge in [-0.25, -0.2) is 13.6 Å². The lowest BCUT2D eigenvalue weighted by Gasteiger charge is -2.11. The normalized spacial score (nSPS) is 11.4. The summed E-state index contributed by atoms with van der Waals surface area (Å²) in [4.78, 5) is 0.0443. The van der Waals surface area contributed by atoms with Gasteiger partial charge in [0.05, 0.1) is 23.9 Å². The van der Waals surface area contributed by atoms with Crippen LogP contribution in [-0.2, 0) is 16.6 Å². The molecule has 0 spiro atoms. The van der Waals surface area contributed by atoms with E-state index in [1.807, 2.05) is 48.5 Å². The van der Waals surface area contributed by atoms with Crippen LogP contribution in [0.4, 0.5) is 5.69 Å². The van der Waals surface area contributed by atoms with E-state index in [4.69, 9.17) is 14.6 Å². The van der Waals surface area contributed by atoms with Crippen molar-refractivity contribution in [1.29, 1.82) is 0 Å². The first-order valence-corrected chi connectivity index (χ1v) is 10.3. The molecule has 0 aliphatic heterocycles. The minimum absolute atomic E-state index is 0.0443. The Kier molecular flexibility index (Phi) is 6.48. The van der Waals surface area contributed by atoms with E-state index < -0.39 is 10.0 Å². The molecule has 0 aromatic heterocycles. The van der Waals surface area contributed by atoms with E-state index in [1.54, 1.807) is 25.5 Å². The van der Waals surface area contributed by atoms with E-state index in [0.29, 0.717) is 23.8 Å². The van der Waals surface area contributed by atoms with Gasteiger partial charge in [0.25, 0.3) is 0 Å². The molecule has 8 heteroatoms. The monoisotopic (exact) mass is 411 g/mol. The Morgan fingerprint density at radius 1 is 1.00 bits per heavy atom. The fourth-order valence-corrected chi connectivity index (χ4v) is 3.03. The third-order valence-corrected chi connectivity index (χ3v) is 4.94. The van der Waals surface area contributed by atoms with E-state index in [2.05, 4.69) is 10.5 Å². The highest BCUT2D eigenvalue weighted by Gasteiger charge is 2.07. The van der Waals surface area contributed by atoms with Crippen LogP contribution in [0.3, 0.4) is 0 Å². The molecule has 0 fully saturated rings. The second kappa shape index (κ2) is 9.22. The zero-order valence-corrected chi connectivity index (χ0v) is 16.6. The average Bonchev–Trinajstić information content (AvgIpc) is 2.73. The van der Waals surface area contributed by atoms with Crippen molar-refractivity contribution in [1.82, 2.24) is 0 Å². The second-order valence-corrected chi connectivity index (χ2v) is 7.69. The fourth-order valence-electron chi connectivity index (χ4n) is 2.52. The number of sulfonamides is 1. The number of nitrogens with one attached hydrogen (secondary N) is 1. The smallest absolute Gasteiger partial charge is 0.238 e. The summed E-state index contributed by atoms with van der Waals surface area (Å²) in [6.45, 7) is 0.445. The van der Waals surface area contributed by atoms with Gasteiger partial charge in [-0.05, 0) is 53.6 Å². The SMILES string of the molecule is COc1cc(/C=N\Nc2ccc(S(N)(=O)=O)cc2)ccc1OCc1ccccc1. The van der Waals surface area contributed by atoms with Crippen LogP contribution in [0.5, 0.6) is 11.5 Å². The lowest BCUT2D eigenvalue weighted by atomic mass is 10.2. The predicted octanol–water partition coefficient (Wildman–Crippen LogP) is 3.37. The van der Waals surface area contributed by atoms with Crippen LogP contribution in [0.1, 0.15) is 11.1 Å². The molecule has 0 saturated heterocycles. The largest absolute Gasteiger partial charge is 0.493 e. The van der Waals surface area contributed by atoms with Gasteiger partial charge in [0.2, 0.25) is 10.0 Å². The first-order valence-electron chi connectivity index (χ1n) is 8.72. The predicted molar refractivity (Wildman–Crippen MR) is 113 cm³/mol. The highest BCUT2D eigenvalue weighted by atomic mass is 32.2. The molecule has 3 aromatic rings. The molecule has 0 radical (unpaired) electrons. The molecule has 0 aliphatic carbocycles. The van der Waals surface area contributed by atoms with Crippen molar-refractivity contribution >= 4 is 21.9 Å². The highest BCUT2D eigenvalue weighted by Crippen LogP contribution is 2.28. The summed E-state index contributed by atoms with van der Waals surface area (Å²) in [5.74, 6) is 1.24. The molecule has 0 unspecified atom stereocenters. The summed E-state index contributed by atoms with van der Waals surface area (Å²) in [5, 5.41) is 9.23. The zero-order valence-electron chi connectivity index (χ0n) is 15.8. The van der Waals surface area contributed by atoms with Gasteiger partial charge >= 0.3 is 0 Å². The van der Waals surface area contributed by atoms with Crippen molar-refractivity contribution in [3.63, 3.8) is 0 Å². The van der Waals surface area contributed by atoms with Gasteiger partial charge in [-0.2, -0.15) is 5.10 Å². The quantitative estimate of drug-likeness (QED) is 0.437. The maximum Gasteiger partial charge on any atom is 0.238 e. The van der Waals surface area contributed by atoms with Gasteiger partial charge in [0.15, 0.2) is 11.5 Å². The van der Waals surface area contributed by atoms with Crippen LogP contribution in [-0.4, -0.2) is 21.7 Å². The summed E-state index contributed by atoms with van der Waals surface area (Å²) in [6.07, 6.45) is 1.62. The number of hydrazone groups is 1. The minimum atomic E-state index is -3.71. The number of benzene rings is 3. The molecule has 29 heavy (non-hydrogen) atoms. The molecular weight excluding hydrogens is 390 g/mol. The number of hydrogen-bond acceptors (Lipinski definition) is 6. The van der Waals surface area contributed by atoms with Crippen LogP contribution in [0.2, 0.25) is 0 Å². The topological polar surface area (TPSA) is 103 Å². The molecule has 150 valence electrons. The van der Waals surface area contributed by atoms with Crippen LogP contribution >= 0.6 is 0 Å². The van der Waals surface area contributed by atoms with Gasteiger partial charge in [0.1, 0.15) is 6.61 Å². The molecule has 0 amide bonds. The Morgan fingerprint density at radius 3 is 2.38 bits per heavy atom. The molecule has 0 bridgehead atoms.